The van der Waals surface area contributed by atoms with Crippen LogP contribution >= 0.6 is 0 Å². The van der Waals surface area contributed by atoms with Crippen LogP contribution in [-0.2, 0) is 11.8 Å². The largest absolute Gasteiger partial charge is 0.481 e. The molecule has 5 heteroatoms. The molecule has 0 radical (unpaired) electrons. The first-order chi connectivity index (χ1) is 6.99. The van der Waals surface area contributed by atoms with E-state index in [1.807, 2.05) is 27.1 Å². The first-order valence-corrected chi connectivity index (χ1v) is 4.97. The van der Waals surface area contributed by atoms with Crippen molar-refractivity contribution in [3.05, 3.63) is 11.9 Å². The standard InChI is InChI=1S/C10H17N3O2/c1-7(4-5-10(14)15)11-9-6-13(3)12-8(9)2/h6-7,11H,4-5H2,1-3H3,(H,14,15). The summed E-state index contributed by atoms with van der Waals surface area (Å²) >= 11 is 0. The normalized spacial score (nSPS) is 12.5. The van der Waals surface area contributed by atoms with Gasteiger partial charge < -0.3 is 10.4 Å². The van der Waals surface area contributed by atoms with Crippen LogP contribution in [-0.4, -0.2) is 26.9 Å². The van der Waals surface area contributed by atoms with Crippen molar-refractivity contribution in [2.24, 2.45) is 7.05 Å². The molecule has 2 N–H and O–H groups in total. The third-order valence-corrected chi connectivity index (χ3v) is 2.21. The van der Waals surface area contributed by atoms with E-state index in [2.05, 4.69) is 10.4 Å². The van der Waals surface area contributed by atoms with Gasteiger partial charge in [-0.1, -0.05) is 0 Å². The fraction of sp³-hybridized carbons (Fsp3) is 0.600. The number of nitrogens with zero attached hydrogens (tertiary/aromatic N) is 2. The number of hydrogen-bond acceptors (Lipinski definition) is 3. The van der Waals surface area contributed by atoms with Gasteiger partial charge in [0.25, 0.3) is 0 Å². The summed E-state index contributed by atoms with van der Waals surface area (Å²) in [4.78, 5) is 10.4. The summed E-state index contributed by atoms with van der Waals surface area (Å²) in [6, 6.07) is 0.143. The fourth-order valence-electron chi connectivity index (χ4n) is 1.42. The highest BCUT2D eigenvalue weighted by molar-refractivity contribution is 5.66. The molecule has 5 nitrogen and oxygen atoms in total. The fourth-order valence-corrected chi connectivity index (χ4v) is 1.42. The Morgan fingerprint density at radius 3 is 2.87 bits per heavy atom. The molecule has 0 aromatic carbocycles. The van der Waals surface area contributed by atoms with E-state index in [0.717, 1.165) is 11.4 Å². The average Bonchev–Trinajstić information content (AvgIpc) is 2.42. The molecular formula is C10H17N3O2. The highest BCUT2D eigenvalue weighted by Crippen LogP contribution is 2.14. The average molecular weight is 211 g/mol. The van der Waals surface area contributed by atoms with Crippen LogP contribution in [0, 0.1) is 6.92 Å². The number of hydrogen-bond donors (Lipinski definition) is 2. The second-order valence-electron chi connectivity index (χ2n) is 3.78. The molecule has 0 spiro atoms. The summed E-state index contributed by atoms with van der Waals surface area (Å²) < 4.78 is 1.74. The van der Waals surface area contributed by atoms with E-state index in [1.165, 1.54) is 0 Å². The smallest absolute Gasteiger partial charge is 0.303 e. The van der Waals surface area contributed by atoms with E-state index >= 15 is 0 Å². The van der Waals surface area contributed by atoms with Crippen LogP contribution in [0.5, 0.6) is 0 Å². The number of carbonyl (C=O) groups is 1. The molecule has 0 aliphatic rings. The SMILES string of the molecule is Cc1nn(C)cc1NC(C)CCC(=O)O. The Morgan fingerprint density at radius 1 is 1.73 bits per heavy atom. The zero-order valence-electron chi connectivity index (χ0n) is 9.32. The van der Waals surface area contributed by atoms with Crippen molar-refractivity contribution in [3.8, 4) is 0 Å². The summed E-state index contributed by atoms with van der Waals surface area (Å²) in [6.07, 6.45) is 2.70. The monoisotopic (exact) mass is 211 g/mol. The van der Waals surface area contributed by atoms with E-state index < -0.39 is 5.97 Å². The topological polar surface area (TPSA) is 67.2 Å². The number of carboxylic acids is 1. The third-order valence-electron chi connectivity index (χ3n) is 2.21. The van der Waals surface area contributed by atoms with Gasteiger partial charge in [0.15, 0.2) is 0 Å². The maximum Gasteiger partial charge on any atom is 0.303 e. The minimum Gasteiger partial charge on any atom is -0.481 e. The Kier molecular flexibility index (Phi) is 3.71. The van der Waals surface area contributed by atoms with Gasteiger partial charge >= 0.3 is 5.97 Å². The second-order valence-corrected chi connectivity index (χ2v) is 3.78. The molecule has 1 unspecified atom stereocenters. The van der Waals surface area contributed by atoms with E-state index in [1.54, 1.807) is 4.68 Å². The molecule has 0 aliphatic heterocycles. The second kappa shape index (κ2) is 4.82. The summed E-state index contributed by atoms with van der Waals surface area (Å²) in [6.45, 7) is 3.89. The van der Waals surface area contributed by atoms with Gasteiger partial charge in [-0.3, -0.25) is 9.48 Å². The van der Waals surface area contributed by atoms with Gasteiger partial charge in [0, 0.05) is 25.7 Å². The number of aliphatic carboxylic acids is 1. The van der Waals surface area contributed by atoms with E-state index in [9.17, 15) is 4.79 Å². The number of anilines is 1. The van der Waals surface area contributed by atoms with E-state index in [4.69, 9.17) is 5.11 Å². The Labute approximate surface area is 89.1 Å². The molecule has 0 saturated carbocycles. The Bertz CT molecular complexity index is 346. The van der Waals surface area contributed by atoms with Gasteiger partial charge in [-0.25, -0.2) is 0 Å². The number of nitrogens with one attached hydrogen (secondary N) is 1. The molecule has 0 saturated heterocycles. The lowest BCUT2D eigenvalue weighted by Gasteiger charge is -2.12. The maximum atomic E-state index is 10.4. The molecule has 1 aromatic rings. The summed E-state index contributed by atoms with van der Waals surface area (Å²) in [7, 11) is 1.86. The first-order valence-electron chi connectivity index (χ1n) is 4.97. The number of carboxylic acid groups (broad SMARTS) is 1. The van der Waals surface area contributed by atoms with Crippen molar-refractivity contribution < 1.29 is 9.90 Å². The molecule has 15 heavy (non-hydrogen) atoms. The van der Waals surface area contributed by atoms with Gasteiger partial charge in [-0.15, -0.1) is 0 Å². The van der Waals surface area contributed by atoms with Crippen LogP contribution in [0.2, 0.25) is 0 Å². The minimum absolute atomic E-state index is 0.143. The molecule has 1 heterocycles. The zero-order chi connectivity index (χ0) is 11.4. The highest BCUT2D eigenvalue weighted by Gasteiger charge is 2.08. The predicted molar refractivity (Wildman–Crippen MR) is 57.9 cm³/mol. The quantitative estimate of drug-likeness (QED) is 0.772. The van der Waals surface area contributed by atoms with Gasteiger partial charge in [0.05, 0.1) is 11.4 Å². The summed E-state index contributed by atoms with van der Waals surface area (Å²) in [5.41, 5.74) is 1.90. The van der Waals surface area contributed by atoms with Crippen LogP contribution in [0.15, 0.2) is 6.20 Å². The minimum atomic E-state index is -0.758. The zero-order valence-corrected chi connectivity index (χ0v) is 9.32. The van der Waals surface area contributed by atoms with Crippen LogP contribution in [0.4, 0.5) is 5.69 Å². The van der Waals surface area contributed by atoms with Crippen molar-refractivity contribution in [3.63, 3.8) is 0 Å². The maximum absolute atomic E-state index is 10.4. The summed E-state index contributed by atoms with van der Waals surface area (Å²) in [5.74, 6) is -0.758. The van der Waals surface area contributed by atoms with Crippen molar-refractivity contribution in [1.82, 2.24) is 9.78 Å². The molecule has 0 fully saturated rings. The number of rotatable bonds is 5. The molecule has 0 amide bonds. The van der Waals surface area contributed by atoms with Crippen molar-refractivity contribution in [2.45, 2.75) is 32.7 Å². The Morgan fingerprint density at radius 2 is 2.40 bits per heavy atom. The van der Waals surface area contributed by atoms with Crippen LogP contribution < -0.4 is 5.32 Å². The molecular weight excluding hydrogens is 194 g/mol. The first kappa shape index (κ1) is 11.6. The molecule has 0 bridgehead atoms. The highest BCUT2D eigenvalue weighted by atomic mass is 16.4. The number of aryl methyl sites for hydroxylation is 2. The molecule has 1 atom stereocenters. The van der Waals surface area contributed by atoms with Gasteiger partial charge in [0.1, 0.15) is 0 Å². The molecule has 1 rings (SSSR count). The van der Waals surface area contributed by atoms with E-state index in [0.29, 0.717) is 6.42 Å². The van der Waals surface area contributed by atoms with Crippen molar-refractivity contribution >= 4 is 11.7 Å². The lowest BCUT2D eigenvalue weighted by atomic mass is 10.2. The molecule has 1 aromatic heterocycles. The van der Waals surface area contributed by atoms with Gasteiger partial charge in [-0.2, -0.15) is 5.10 Å². The molecule has 0 aliphatic carbocycles. The van der Waals surface area contributed by atoms with Crippen LogP contribution in [0.3, 0.4) is 0 Å². The molecule has 84 valence electrons. The third kappa shape index (κ3) is 3.61. The Balaban J connectivity index is 2.47. The van der Waals surface area contributed by atoms with Crippen molar-refractivity contribution in [2.75, 3.05) is 5.32 Å². The van der Waals surface area contributed by atoms with E-state index in [-0.39, 0.29) is 12.5 Å². The van der Waals surface area contributed by atoms with Crippen LogP contribution in [0.25, 0.3) is 0 Å². The van der Waals surface area contributed by atoms with Gasteiger partial charge in [-0.05, 0) is 20.3 Å². The predicted octanol–water partition coefficient (Wildman–Crippen LogP) is 1.39. The summed E-state index contributed by atoms with van der Waals surface area (Å²) in [5, 5.41) is 16.0. The van der Waals surface area contributed by atoms with Crippen LogP contribution in [0.1, 0.15) is 25.5 Å². The lowest BCUT2D eigenvalue weighted by Crippen LogP contribution is -2.16. The lowest BCUT2D eigenvalue weighted by molar-refractivity contribution is -0.137. The van der Waals surface area contributed by atoms with Crippen molar-refractivity contribution in [1.29, 1.82) is 0 Å². The van der Waals surface area contributed by atoms with Gasteiger partial charge in [0.2, 0.25) is 0 Å². The Hall–Kier alpha value is -1.52. The number of aromatic nitrogens is 2.